The molecule has 0 aliphatic carbocycles. The highest BCUT2D eigenvalue weighted by atomic mass is 16.3. The molecule has 1 aromatic heterocycles. The number of rotatable bonds is 2. The number of phenolic OH excluding ortho intramolecular Hbond substituents is 1. The molecule has 0 saturated carbocycles. The van der Waals surface area contributed by atoms with Crippen molar-refractivity contribution in [2.45, 2.75) is 6.92 Å². The summed E-state index contributed by atoms with van der Waals surface area (Å²) in [6.07, 6.45) is 1.37. The molecule has 0 bridgehead atoms. The van der Waals surface area contributed by atoms with Crippen molar-refractivity contribution in [3.63, 3.8) is 0 Å². The number of Topliss-reactive ketones (excluding diaryl/α,β-unsaturated/α-hetero) is 1. The summed E-state index contributed by atoms with van der Waals surface area (Å²) in [6.45, 7) is 1.49. The Morgan fingerprint density at radius 2 is 1.81 bits per heavy atom. The number of carbonyl (C=O) groups excluding carboxylic acids is 1. The van der Waals surface area contributed by atoms with Gasteiger partial charge >= 0.3 is 0 Å². The summed E-state index contributed by atoms with van der Waals surface area (Å²) in [4.78, 5) is 23.7. The van der Waals surface area contributed by atoms with Crippen LogP contribution in [0.2, 0.25) is 0 Å². The standard InChI is InChI=1S/C17H12O4/c1-10(18)11-2-4-12(5-3-11)15-9-21-16-8-13(19)6-7-14(16)17(15)20/h2-9,19H,1H3. The Balaban J connectivity index is 2.16. The molecule has 2 aromatic carbocycles. The van der Waals surface area contributed by atoms with Crippen LogP contribution in [-0.2, 0) is 0 Å². The molecule has 3 aromatic rings. The van der Waals surface area contributed by atoms with E-state index in [1.165, 1.54) is 31.4 Å². The van der Waals surface area contributed by atoms with E-state index < -0.39 is 0 Å². The lowest BCUT2D eigenvalue weighted by atomic mass is 10.0. The van der Waals surface area contributed by atoms with E-state index in [1.807, 2.05) is 0 Å². The second kappa shape index (κ2) is 4.90. The number of carbonyl (C=O) groups is 1. The molecule has 1 N–H and O–H groups in total. The zero-order valence-corrected chi connectivity index (χ0v) is 11.3. The minimum atomic E-state index is -0.174. The third kappa shape index (κ3) is 2.31. The van der Waals surface area contributed by atoms with Gasteiger partial charge in [-0.25, -0.2) is 0 Å². The molecule has 0 amide bonds. The number of phenols is 1. The normalized spacial score (nSPS) is 10.7. The van der Waals surface area contributed by atoms with Crippen molar-refractivity contribution in [1.82, 2.24) is 0 Å². The Labute approximate surface area is 120 Å². The smallest absolute Gasteiger partial charge is 0.200 e. The van der Waals surface area contributed by atoms with Gasteiger partial charge in [-0.3, -0.25) is 9.59 Å². The van der Waals surface area contributed by atoms with Crippen LogP contribution >= 0.6 is 0 Å². The van der Waals surface area contributed by atoms with Crippen molar-refractivity contribution in [1.29, 1.82) is 0 Å². The lowest BCUT2D eigenvalue weighted by Crippen LogP contribution is -2.04. The third-order valence-electron chi connectivity index (χ3n) is 3.36. The van der Waals surface area contributed by atoms with Crippen molar-refractivity contribution in [3.8, 4) is 16.9 Å². The number of benzene rings is 2. The lowest BCUT2D eigenvalue weighted by molar-refractivity contribution is 0.101. The highest BCUT2D eigenvalue weighted by molar-refractivity contribution is 5.94. The monoisotopic (exact) mass is 280 g/mol. The summed E-state index contributed by atoms with van der Waals surface area (Å²) in [5, 5.41) is 9.80. The maximum atomic E-state index is 12.5. The lowest BCUT2D eigenvalue weighted by Gasteiger charge is -2.04. The molecule has 4 heteroatoms. The summed E-state index contributed by atoms with van der Waals surface area (Å²) < 4.78 is 5.41. The zero-order valence-electron chi connectivity index (χ0n) is 11.3. The summed E-state index contributed by atoms with van der Waals surface area (Å²) >= 11 is 0. The number of aromatic hydroxyl groups is 1. The molecule has 0 aliphatic heterocycles. The van der Waals surface area contributed by atoms with Crippen molar-refractivity contribution >= 4 is 16.8 Å². The van der Waals surface area contributed by atoms with Gasteiger partial charge in [0, 0.05) is 11.6 Å². The Morgan fingerprint density at radius 1 is 1.10 bits per heavy atom. The molecule has 0 aliphatic rings. The Hall–Kier alpha value is -2.88. The number of ketones is 1. The molecular formula is C17H12O4. The SMILES string of the molecule is CC(=O)c1ccc(-c2coc3cc(O)ccc3c2=O)cc1. The molecule has 0 fully saturated rings. The van der Waals surface area contributed by atoms with Gasteiger partial charge in [-0.05, 0) is 24.6 Å². The molecule has 0 saturated heterocycles. The van der Waals surface area contributed by atoms with Gasteiger partial charge in [0.05, 0.1) is 10.9 Å². The fourth-order valence-corrected chi connectivity index (χ4v) is 2.20. The minimum Gasteiger partial charge on any atom is -0.508 e. The second-order valence-corrected chi connectivity index (χ2v) is 4.79. The zero-order chi connectivity index (χ0) is 15.0. The van der Waals surface area contributed by atoms with Crippen LogP contribution in [0.5, 0.6) is 5.75 Å². The van der Waals surface area contributed by atoms with Gasteiger partial charge in [-0.2, -0.15) is 0 Å². The fourth-order valence-electron chi connectivity index (χ4n) is 2.20. The Kier molecular flexibility index (Phi) is 3.06. The first-order valence-electron chi connectivity index (χ1n) is 6.42. The first kappa shape index (κ1) is 13.1. The summed E-state index contributed by atoms with van der Waals surface area (Å²) in [5.74, 6) is 0.0202. The third-order valence-corrected chi connectivity index (χ3v) is 3.36. The second-order valence-electron chi connectivity index (χ2n) is 4.79. The molecule has 0 radical (unpaired) electrons. The highest BCUT2D eigenvalue weighted by Gasteiger charge is 2.10. The molecule has 0 spiro atoms. The van der Waals surface area contributed by atoms with Gasteiger partial charge in [-0.15, -0.1) is 0 Å². The molecule has 21 heavy (non-hydrogen) atoms. The number of hydrogen-bond donors (Lipinski definition) is 1. The van der Waals surface area contributed by atoms with Crippen LogP contribution in [0.1, 0.15) is 17.3 Å². The quantitative estimate of drug-likeness (QED) is 0.731. The molecule has 4 nitrogen and oxygen atoms in total. The number of fused-ring (bicyclic) bond motifs is 1. The van der Waals surface area contributed by atoms with E-state index in [-0.39, 0.29) is 17.0 Å². The average Bonchev–Trinajstić information content (AvgIpc) is 2.47. The summed E-state index contributed by atoms with van der Waals surface area (Å²) in [7, 11) is 0. The Morgan fingerprint density at radius 3 is 2.48 bits per heavy atom. The van der Waals surface area contributed by atoms with E-state index in [9.17, 15) is 14.7 Å². The Bertz CT molecular complexity index is 889. The van der Waals surface area contributed by atoms with E-state index >= 15 is 0 Å². The molecule has 104 valence electrons. The van der Waals surface area contributed by atoms with E-state index in [0.717, 1.165) is 0 Å². The molecule has 0 unspecified atom stereocenters. The van der Waals surface area contributed by atoms with E-state index in [1.54, 1.807) is 24.3 Å². The van der Waals surface area contributed by atoms with E-state index in [2.05, 4.69) is 0 Å². The largest absolute Gasteiger partial charge is 0.508 e. The highest BCUT2D eigenvalue weighted by Crippen LogP contribution is 2.22. The molecule has 1 heterocycles. The maximum Gasteiger partial charge on any atom is 0.200 e. The van der Waals surface area contributed by atoms with Crippen LogP contribution in [0, 0.1) is 0 Å². The van der Waals surface area contributed by atoms with Crippen LogP contribution in [-0.4, -0.2) is 10.9 Å². The van der Waals surface area contributed by atoms with Crippen molar-refractivity contribution in [3.05, 3.63) is 64.5 Å². The topological polar surface area (TPSA) is 67.5 Å². The summed E-state index contributed by atoms with van der Waals surface area (Å²) in [5.41, 5.74) is 1.86. The number of hydrogen-bond acceptors (Lipinski definition) is 4. The van der Waals surface area contributed by atoms with Crippen LogP contribution in [0.15, 0.2) is 57.9 Å². The van der Waals surface area contributed by atoms with Gasteiger partial charge in [0.2, 0.25) is 0 Å². The van der Waals surface area contributed by atoms with Gasteiger partial charge < -0.3 is 9.52 Å². The molecule has 0 atom stereocenters. The first-order chi connectivity index (χ1) is 10.1. The van der Waals surface area contributed by atoms with Gasteiger partial charge in [-0.1, -0.05) is 24.3 Å². The summed E-state index contributed by atoms with van der Waals surface area (Å²) in [6, 6.07) is 11.2. The van der Waals surface area contributed by atoms with Gasteiger partial charge in [0.25, 0.3) is 0 Å². The van der Waals surface area contributed by atoms with Crippen LogP contribution < -0.4 is 5.43 Å². The maximum absolute atomic E-state index is 12.5. The molecule has 3 rings (SSSR count). The molecular weight excluding hydrogens is 268 g/mol. The van der Waals surface area contributed by atoms with Crippen LogP contribution in [0.25, 0.3) is 22.1 Å². The van der Waals surface area contributed by atoms with E-state index in [0.29, 0.717) is 27.7 Å². The van der Waals surface area contributed by atoms with Crippen molar-refractivity contribution in [2.24, 2.45) is 0 Å². The van der Waals surface area contributed by atoms with Crippen molar-refractivity contribution in [2.75, 3.05) is 0 Å². The van der Waals surface area contributed by atoms with Crippen LogP contribution in [0.3, 0.4) is 0 Å². The van der Waals surface area contributed by atoms with Crippen molar-refractivity contribution < 1.29 is 14.3 Å². The van der Waals surface area contributed by atoms with E-state index in [4.69, 9.17) is 4.42 Å². The first-order valence-corrected chi connectivity index (χ1v) is 6.42. The predicted molar refractivity (Wildman–Crippen MR) is 79.6 cm³/mol. The van der Waals surface area contributed by atoms with Gasteiger partial charge in [0.1, 0.15) is 17.6 Å². The van der Waals surface area contributed by atoms with Gasteiger partial charge in [0.15, 0.2) is 11.2 Å². The predicted octanol–water partition coefficient (Wildman–Crippen LogP) is 3.37. The fraction of sp³-hybridized carbons (Fsp3) is 0.0588. The average molecular weight is 280 g/mol. The minimum absolute atomic E-state index is 0.0254. The van der Waals surface area contributed by atoms with Crippen LogP contribution in [0.4, 0.5) is 0 Å².